The van der Waals surface area contributed by atoms with E-state index < -0.39 is 0 Å². The van der Waals surface area contributed by atoms with Crippen molar-refractivity contribution in [1.29, 1.82) is 0 Å². The molecular weight excluding hydrogens is 168 g/mol. The lowest BCUT2D eigenvalue weighted by Crippen LogP contribution is -2.20. The molecule has 2 rings (SSSR count). The standard InChI is InChI=1S/C9H14N2O2/c1-10-5-6-3-2-4-7-8(6)13-9(12)11-7/h6,10H,2-5H2,1H3,(H,11,12). The molecule has 0 saturated carbocycles. The van der Waals surface area contributed by atoms with Gasteiger partial charge in [-0.1, -0.05) is 0 Å². The van der Waals surface area contributed by atoms with Crippen LogP contribution in [-0.4, -0.2) is 18.6 Å². The fourth-order valence-corrected chi connectivity index (χ4v) is 1.98. The van der Waals surface area contributed by atoms with E-state index in [0.29, 0.717) is 5.92 Å². The summed E-state index contributed by atoms with van der Waals surface area (Å²) in [5.74, 6) is 0.923. The Morgan fingerprint density at radius 3 is 3.31 bits per heavy atom. The second kappa shape index (κ2) is 3.38. The van der Waals surface area contributed by atoms with Crippen molar-refractivity contribution >= 4 is 0 Å². The molecule has 4 heteroatoms. The molecule has 1 aliphatic rings. The fraction of sp³-hybridized carbons (Fsp3) is 0.667. The quantitative estimate of drug-likeness (QED) is 0.704. The molecule has 0 aliphatic heterocycles. The van der Waals surface area contributed by atoms with Crippen molar-refractivity contribution in [1.82, 2.24) is 10.3 Å². The normalized spacial score (nSPS) is 21.5. The third-order valence-electron chi connectivity index (χ3n) is 2.55. The minimum atomic E-state index is -0.312. The number of nitrogens with one attached hydrogen (secondary N) is 2. The summed E-state index contributed by atoms with van der Waals surface area (Å²) < 4.78 is 5.12. The molecule has 2 N–H and O–H groups in total. The Bertz CT molecular complexity index is 340. The summed E-state index contributed by atoms with van der Waals surface area (Å²) in [5, 5.41) is 3.11. The van der Waals surface area contributed by atoms with E-state index in [1.807, 2.05) is 7.05 Å². The van der Waals surface area contributed by atoms with Gasteiger partial charge in [-0.15, -0.1) is 0 Å². The fourth-order valence-electron chi connectivity index (χ4n) is 1.98. The highest BCUT2D eigenvalue weighted by Gasteiger charge is 2.24. The molecule has 0 radical (unpaired) electrons. The minimum absolute atomic E-state index is 0.312. The zero-order valence-corrected chi connectivity index (χ0v) is 7.72. The van der Waals surface area contributed by atoms with Crippen molar-refractivity contribution in [3.63, 3.8) is 0 Å². The van der Waals surface area contributed by atoms with E-state index in [1.165, 1.54) is 0 Å². The Balaban J connectivity index is 2.30. The van der Waals surface area contributed by atoms with Gasteiger partial charge in [0.15, 0.2) is 0 Å². The summed E-state index contributed by atoms with van der Waals surface area (Å²) in [6.07, 6.45) is 3.19. The number of hydrogen-bond acceptors (Lipinski definition) is 3. The van der Waals surface area contributed by atoms with Crippen molar-refractivity contribution in [3.05, 3.63) is 22.0 Å². The van der Waals surface area contributed by atoms with Crippen LogP contribution in [0.5, 0.6) is 0 Å². The first-order valence-corrected chi connectivity index (χ1v) is 4.67. The van der Waals surface area contributed by atoms with E-state index >= 15 is 0 Å². The van der Waals surface area contributed by atoms with Gasteiger partial charge in [-0.2, -0.15) is 0 Å². The summed E-state index contributed by atoms with van der Waals surface area (Å²) in [6.45, 7) is 0.883. The van der Waals surface area contributed by atoms with Gasteiger partial charge in [0.05, 0.1) is 5.69 Å². The van der Waals surface area contributed by atoms with Crippen molar-refractivity contribution in [2.45, 2.75) is 25.2 Å². The SMILES string of the molecule is CNCC1CCCc2[nH]c(=O)oc21. The molecule has 1 atom stereocenters. The van der Waals surface area contributed by atoms with Crippen LogP contribution in [0.15, 0.2) is 9.21 Å². The van der Waals surface area contributed by atoms with E-state index in [0.717, 1.165) is 37.3 Å². The number of H-pyrrole nitrogens is 1. The van der Waals surface area contributed by atoms with Crippen LogP contribution < -0.4 is 11.1 Å². The van der Waals surface area contributed by atoms with Gasteiger partial charge in [0, 0.05) is 12.5 Å². The average Bonchev–Trinajstić information content (AvgIpc) is 2.47. The number of aromatic nitrogens is 1. The topological polar surface area (TPSA) is 58.0 Å². The van der Waals surface area contributed by atoms with Gasteiger partial charge < -0.3 is 9.73 Å². The van der Waals surface area contributed by atoms with Crippen LogP contribution in [0.25, 0.3) is 0 Å². The summed E-state index contributed by atoms with van der Waals surface area (Å²) >= 11 is 0. The van der Waals surface area contributed by atoms with Crippen LogP contribution in [0.1, 0.15) is 30.2 Å². The maximum Gasteiger partial charge on any atom is 0.416 e. The van der Waals surface area contributed by atoms with Crippen LogP contribution in [0, 0.1) is 0 Å². The Kier molecular flexibility index (Phi) is 2.22. The molecule has 0 aromatic carbocycles. The molecular formula is C9H14N2O2. The molecule has 0 fully saturated rings. The van der Waals surface area contributed by atoms with Crippen LogP contribution in [0.4, 0.5) is 0 Å². The number of rotatable bonds is 2. The van der Waals surface area contributed by atoms with Gasteiger partial charge in [-0.3, -0.25) is 4.98 Å². The number of oxazole rings is 1. The van der Waals surface area contributed by atoms with Gasteiger partial charge in [0.2, 0.25) is 0 Å². The predicted molar refractivity (Wildman–Crippen MR) is 48.9 cm³/mol. The minimum Gasteiger partial charge on any atom is -0.412 e. The Morgan fingerprint density at radius 1 is 1.69 bits per heavy atom. The van der Waals surface area contributed by atoms with E-state index in [4.69, 9.17) is 4.42 Å². The molecule has 72 valence electrons. The van der Waals surface area contributed by atoms with E-state index in [9.17, 15) is 4.79 Å². The molecule has 1 aromatic rings. The van der Waals surface area contributed by atoms with Crippen molar-refractivity contribution < 1.29 is 4.42 Å². The number of fused-ring (bicyclic) bond motifs is 1. The second-order valence-corrected chi connectivity index (χ2v) is 3.50. The second-order valence-electron chi connectivity index (χ2n) is 3.50. The maximum absolute atomic E-state index is 11.0. The largest absolute Gasteiger partial charge is 0.416 e. The number of hydrogen-bond donors (Lipinski definition) is 2. The molecule has 0 bridgehead atoms. The van der Waals surface area contributed by atoms with Crippen LogP contribution in [0.2, 0.25) is 0 Å². The molecule has 1 heterocycles. The lowest BCUT2D eigenvalue weighted by molar-refractivity contribution is 0.392. The maximum atomic E-state index is 11.0. The molecule has 0 spiro atoms. The first-order valence-electron chi connectivity index (χ1n) is 4.67. The predicted octanol–water partition coefficient (Wildman–Crippen LogP) is 0.607. The first kappa shape index (κ1) is 8.56. The summed E-state index contributed by atoms with van der Waals surface area (Å²) in [4.78, 5) is 13.7. The number of aryl methyl sites for hydroxylation is 1. The zero-order chi connectivity index (χ0) is 9.26. The highest BCUT2D eigenvalue weighted by Crippen LogP contribution is 2.28. The highest BCUT2D eigenvalue weighted by atomic mass is 16.4. The number of aromatic amines is 1. The molecule has 0 saturated heterocycles. The molecule has 0 amide bonds. The first-order chi connectivity index (χ1) is 6.31. The third-order valence-corrected chi connectivity index (χ3v) is 2.55. The lowest BCUT2D eigenvalue weighted by atomic mass is 9.91. The monoisotopic (exact) mass is 182 g/mol. The molecule has 1 unspecified atom stereocenters. The summed E-state index contributed by atoms with van der Waals surface area (Å²) in [6, 6.07) is 0. The van der Waals surface area contributed by atoms with E-state index in [-0.39, 0.29) is 5.76 Å². The van der Waals surface area contributed by atoms with Crippen LogP contribution >= 0.6 is 0 Å². The Morgan fingerprint density at radius 2 is 2.54 bits per heavy atom. The average molecular weight is 182 g/mol. The smallest absolute Gasteiger partial charge is 0.412 e. The number of likely N-dealkylation sites (N-methyl/N-ethyl adjacent to an activating group) is 1. The Hall–Kier alpha value is -1.03. The van der Waals surface area contributed by atoms with Gasteiger partial charge in [-0.05, 0) is 26.3 Å². The zero-order valence-electron chi connectivity index (χ0n) is 7.72. The van der Waals surface area contributed by atoms with Gasteiger partial charge >= 0.3 is 5.76 Å². The van der Waals surface area contributed by atoms with Gasteiger partial charge in [0.1, 0.15) is 5.76 Å². The molecule has 1 aromatic heterocycles. The lowest BCUT2D eigenvalue weighted by Gasteiger charge is -2.19. The highest BCUT2D eigenvalue weighted by molar-refractivity contribution is 5.16. The van der Waals surface area contributed by atoms with E-state index in [1.54, 1.807) is 0 Å². The van der Waals surface area contributed by atoms with Crippen molar-refractivity contribution in [3.8, 4) is 0 Å². The van der Waals surface area contributed by atoms with Crippen LogP contribution in [0.3, 0.4) is 0 Å². The Labute approximate surface area is 76.3 Å². The van der Waals surface area contributed by atoms with E-state index in [2.05, 4.69) is 10.3 Å². The summed E-state index contributed by atoms with van der Waals surface area (Å²) in [7, 11) is 1.92. The molecule has 4 nitrogen and oxygen atoms in total. The molecule has 1 aliphatic carbocycles. The van der Waals surface area contributed by atoms with Crippen LogP contribution in [-0.2, 0) is 6.42 Å². The third kappa shape index (κ3) is 1.54. The summed E-state index contributed by atoms with van der Waals surface area (Å²) in [5.41, 5.74) is 0.997. The van der Waals surface area contributed by atoms with Gasteiger partial charge in [-0.25, -0.2) is 4.79 Å². The van der Waals surface area contributed by atoms with Crippen molar-refractivity contribution in [2.24, 2.45) is 0 Å². The molecule has 13 heavy (non-hydrogen) atoms. The van der Waals surface area contributed by atoms with Crippen molar-refractivity contribution in [2.75, 3.05) is 13.6 Å². The van der Waals surface area contributed by atoms with Gasteiger partial charge in [0.25, 0.3) is 0 Å².